The monoisotopic (exact) mass is 423 g/mol. The summed E-state index contributed by atoms with van der Waals surface area (Å²) in [5.41, 5.74) is 3.00. The van der Waals surface area contributed by atoms with Gasteiger partial charge in [-0.3, -0.25) is 4.79 Å². The van der Waals surface area contributed by atoms with Crippen molar-refractivity contribution in [2.75, 3.05) is 58.8 Å². The summed E-state index contributed by atoms with van der Waals surface area (Å²) in [5, 5.41) is 3.42. The van der Waals surface area contributed by atoms with Crippen molar-refractivity contribution in [1.82, 2.24) is 15.1 Å². The smallest absolute Gasteiger partial charge is 0.253 e. The third kappa shape index (κ3) is 5.90. The second-order valence-corrected chi connectivity index (χ2v) is 7.74. The first-order chi connectivity index (χ1) is 15.0. The maximum Gasteiger partial charge on any atom is 0.253 e. The van der Waals surface area contributed by atoms with Gasteiger partial charge >= 0.3 is 0 Å². The van der Waals surface area contributed by atoms with E-state index in [1.54, 1.807) is 26.1 Å². The highest BCUT2D eigenvalue weighted by molar-refractivity contribution is 5.93. The van der Waals surface area contributed by atoms with Crippen LogP contribution in [0.15, 0.2) is 53.5 Å². The van der Waals surface area contributed by atoms with Crippen LogP contribution in [0.4, 0.5) is 5.69 Å². The molecule has 0 bridgehead atoms. The zero-order valence-electron chi connectivity index (χ0n) is 19.0. The zero-order chi connectivity index (χ0) is 22.2. The molecule has 0 unspecified atom stereocenters. The van der Waals surface area contributed by atoms with Crippen LogP contribution in [0.25, 0.3) is 0 Å². The number of ether oxygens (including phenoxy) is 1. The summed E-state index contributed by atoms with van der Waals surface area (Å²) in [5.74, 6) is 1.83. The Balaban J connectivity index is 1.60. The third-order valence-corrected chi connectivity index (χ3v) is 5.37. The standard InChI is InChI=1S/C24H33N5O2/c1-5-25-24(26-18-19-6-8-20(9-7-19)23(30)27(2)3)29-16-14-28(15-17-29)21-10-12-22(31-4)13-11-21/h6-13H,5,14-18H2,1-4H3,(H,25,26). The summed E-state index contributed by atoms with van der Waals surface area (Å²) >= 11 is 0. The molecule has 0 atom stereocenters. The van der Waals surface area contributed by atoms with Crippen LogP contribution in [-0.4, -0.2) is 75.6 Å². The Labute approximate surface area is 185 Å². The van der Waals surface area contributed by atoms with Gasteiger partial charge in [0.2, 0.25) is 0 Å². The quantitative estimate of drug-likeness (QED) is 0.572. The van der Waals surface area contributed by atoms with E-state index in [2.05, 4.69) is 34.2 Å². The fraction of sp³-hybridized carbons (Fsp3) is 0.417. The molecule has 3 rings (SSSR count). The number of aliphatic imine (C=N–C) groups is 1. The van der Waals surface area contributed by atoms with Crippen LogP contribution in [0, 0.1) is 0 Å². The SMILES string of the molecule is CCNC(=NCc1ccc(C(=O)N(C)C)cc1)N1CCN(c2ccc(OC)cc2)CC1. The lowest BCUT2D eigenvalue weighted by atomic mass is 10.1. The molecule has 0 radical (unpaired) electrons. The molecule has 0 spiro atoms. The molecule has 2 aromatic carbocycles. The molecule has 2 aromatic rings. The number of hydrogen-bond donors (Lipinski definition) is 1. The Kier molecular flexibility index (Phi) is 7.76. The minimum Gasteiger partial charge on any atom is -0.497 e. The van der Waals surface area contributed by atoms with Crippen molar-refractivity contribution in [2.45, 2.75) is 13.5 Å². The maximum absolute atomic E-state index is 12.0. The molecule has 166 valence electrons. The highest BCUT2D eigenvalue weighted by Gasteiger charge is 2.20. The van der Waals surface area contributed by atoms with Crippen LogP contribution in [0.5, 0.6) is 5.75 Å². The predicted molar refractivity (Wildman–Crippen MR) is 126 cm³/mol. The number of methoxy groups -OCH3 is 1. The Hall–Kier alpha value is -3.22. The summed E-state index contributed by atoms with van der Waals surface area (Å²) in [6.45, 7) is 7.20. The zero-order valence-corrected chi connectivity index (χ0v) is 19.0. The molecule has 1 N–H and O–H groups in total. The fourth-order valence-corrected chi connectivity index (χ4v) is 3.57. The van der Waals surface area contributed by atoms with Crippen LogP contribution < -0.4 is 15.0 Å². The topological polar surface area (TPSA) is 60.4 Å². The van der Waals surface area contributed by atoms with Crippen molar-refractivity contribution in [2.24, 2.45) is 4.99 Å². The van der Waals surface area contributed by atoms with Crippen molar-refractivity contribution in [3.8, 4) is 5.75 Å². The number of piperazine rings is 1. The van der Waals surface area contributed by atoms with E-state index in [1.807, 2.05) is 36.4 Å². The minimum atomic E-state index is 0.0121. The highest BCUT2D eigenvalue weighted by Crippen LogP contribution is 2.20. The van der Waals surface area contributed by atoms with Crippen molar-refractivity contribution >= 4 is 17.6 Å². The van der Waals surface area contributed by atoms with Crippen molar-refractivity contribution < 1.29 is 9.53 Å². The normalized spacial score (nSPS) is 14.4. The number of nitrogens with zero attached hydrogens (tertiary/aromatic N) is 4. The molecule has 1 amide bonds. The number of hydrogen-bond acceptors (Lipinski definition) is 4. The lowest BCUT2D eigenvalue weighted by Gasteiger charge is -2.37. The molecule has 0 saturated carbocycles. The van der Waals surface area contributed by atoms with Gasteiger partial charge in [-0.15, -0.1) is 0 Å². The van der Waals surface area contributed by atoms with Gasteiger partial charge in [0, 0.05) is 58.1 Å². The van der Waals surface area contributed by atoms with Gasteiger partial charge in [0.25, 0.3) is 5.91 Å². The molecule has 0 aliphatic carbocycles. The van der Waals surface area contributed by atoms with E-state index in [4.69, 9.17) is 9.73 Å². The lowest BCUT2D eigenvalue weighted by Crippen LogP contribution is -2.52. The van der Waals surface area contributed by atoms with Crippen molar-refractivity contribution in [3.05, 3.63) is 59.7 Å². The number of guanidine groups is 1. The second-order valence-electron chi connectivity index (χ2n) is 7.74. The molecule has 1 aliphatic heterocycles. The van der Waals surface area contributed by atoms with Crippen LogP contribution in [0.3, 0.4) is 0 Å². The summed E-state index contributed by atoms with van der Waals surface area (Å²) in [6, 6.07) is 15.9. The average molecular weight is 424 g/mol. The van der Waals surface area contributed by atoms with E-state index in [-0.39, 0.29) is 5.91 Å². The molecular formula is C24H33N5O2. The first-order valence-electron chi connectivity index (χ1n) is 10.7. The maximum atomic E-state index is 12.0. The summed E-state index contributed by atoms with van der Waals surface area (Å²) < 4.78 is 5.25. The summed E-state index contributed by atoms with van der Waals surface area (Å²) in [6.07, 6.45) is 0. The number of carbonyl (C=O) groups is 1. The van der Waals surface area contributed by atoms with E-state index >= 15 is 0 Å². The number of benzene rings is 2. The number of amides is 1. The number of nitrogens with one attached hydrogen (secondary N) is 1. The Morgan fingerprint density at radius 3 is 2.23 bits per heavy atom. The van der Waals surface area contributed by atoms with Gasteiger partial charge in [-0.25, -0.2) is 4.99 Å². The summed E-state index contributed by atoms with van der Waals surface area (Å²) in [4.78, 5) is 23.2. The van der Waals surface area contributed by atoms with E-state index < -0.39 is 0 Å². The van der Waals surface area contributed by atoms with Gasteiger partial charge in [-0.1, -0.05) is 12.1 Å². The van der Waals surface area contributed by atoms with E-state index in [1.165, 1.54) is 5.69 Å². The van der Waals surface area contributed by atoms with Gasteiger partial charge in [0.05, 0.1) is 13.7 Å². The highest BCUT2D eigenvalue weighted by atomic mass is 16.5. The Bertz CT molecular complexity index is 870. The predicted octanol–water partition coefficient (Wildman–Crippen LogP) is 2.68. The molecule has 0 aromatic heterocycles. The number of rotatable bonds is 6. The molecule has 31 heavy (non-hydrogen) atoms. The van der Waals surface area contributed by atoms with Crippen molar-refractivity contribution in [1.29, 1.82) is 0 Å². The van der Waals surface area contributed by atoms with Crippen LogP contribution in [0.1, 0.15) is 22.8 Å². The molecule has 1 heterocycles. The molecule has 1 saturated heterocycles. The van der Waals surface area contributed by atoms with E-state index in [0.29, 0.717) is 12.1 Å². The molecular weight excluding hydrogens is 390 g/mol. The number of carbonyl (C=O) groups excluding carboxylic acids is 1. The van der Waals surface area contributed by atoms with E-state index in [9.17, 15) is 4.79 Å². The van der Waals surface area contributed by atoms with Gasteiger partial charge < -0.3 is 24.8 Å². The largest absolute Gasteiger partial charge is 0.497 e. The minimum absolute atomic E-state index is 0.0121. The second kappa shape index (κ2) is 10.7. The van der Waals surface area contributed by atoms with Crippen LogP contribution in [-0.2, 0) is 6.54 Å². The van der Waals surface area contributed by atoms with Gasteiger partial charge in [-0.2, -0.15) is 0 Å². The molecule has 7 heteroatoms. The van der Waals surface area contributed by atoms with Gasteiger partial charge in [-0.05, 0) is 48.9 Å². The Morgan fingerprint density at radius 1 is 1.03 bits per heavy atom. The van der Waals surface area contributed by atoms with E-state index in [0.717, 1.165) is 50.0 Å². The molecule has 1 aliphatic rings. The molecule has 7 nitrogen and oxygen atoms in total. The molecule has 1 fully saturated rings. The third-order valence-electron chi connectivity index (χ3n) is 5.37. The first kappa shape index (κ1) is 22.5. The van der Waals surface area contributed by atoms with Crippen molar-refractivity contribution in [3.63, 3.8) is 0 Å². The first-order valence-corrected chi connectivity index (χ1v) is 10.7. The van der Waals surface area contributed by atoms with Gasteiger partial charge in [0.1, 0.15) is 5.75 Å². The van der Waals surface area contributed by atoms with Crippen LogP contribution in [0.2, 0.25) is 0 Å². The number of anilines is 1. The Morgan fingerprint density at radius 2 is 1.68 bits per heavy atom. The summed E-state index contributed by atoms with van der Waals surface area (Å²) in [7, 11) is 5.21. The fourth-order valence-electron chi connectivity index (χ4n) is 3.57. The van der Waals surface area contributed by atoms with Gasteiger partial charge in [0.15, 0.2) is 5.96 Å². The van der Waals surface area contributed by atoms with Crippen LogP contribution >= 0.6 is 0 Å². The lowest BCUT2D eigenvalue weighted by molar-refractivity contribution is 0.0827. The average Bonchev–Trinajstić information content (AvgIpc) is 2.82.